The zero-order valence-electron chi connectivity index (χ0n) is 20.2. The van der Waals surface area contributed by atoms with E-state index in [2.05, 4.69) is 10.6 Å². The highest BCUT2D eigenvalue weighted by molar-refractivity contribution is 5.98. The Kier molecular flexibility index (Phi) is 9.27. The van der Waals surface area contributed by atoms with Crippen molar-refractivity contribution in [3.8, 4) is 11.5 Å². The first-order valence-electron chi connectivity index (χ1n) is 11.0. The van der Waals surface area contributed by atoms with Crippen LogP contribution in [0, 0.1) is 20.8 Å². The molecule has 0 fully saturated rings. The monoisotopic (exact) mass is 455 g/mol. The standard InChI is InChI=1S/C25H33N3O5/c1-7-32-20-10-9-19(13-21(20)33-8-2)25(31)26-14-23(30)28(6)15-22(29)27-24-17(4)11-16(3)12-18(24)5/h9-13H,7-8,14-15H2,1-6H3,(H,26,31)(H,27,29). The van der Waals surface area contributed by atoms with Gasteiger partial charge in [0.25, 0.3) is 5.91 Å². The number of benzene rings is 2. The fourth-order valence-electron chi connectivity index (χ4n) is 3.44. The Hall–Kier alpha value is -3.55. The average molecular weight is 456 g/mol. The van der Waals surface area contributed by atoms with Gasteiger partial charge in [0.05, 0.1) is 26.3 Å². The Bertz CT molecular complexity index is 996. The first-order chi connectivity index (χ1) is 15.7. The van der Waals surface area contributed by atoms with Crippen molar-refractivity contribution in [2.75, 3.05) is 38.7 Å². The minimum atomic E-state index is -0.420. The van der Waals surface area contributed by atoms with E-state index in [4.69, 9.17) is 9.47 Å². The van der Waals surface area contributed by atoms with Crippen LogP contribution in [0.4, 0.5) is 5.69 Å². The van der Waals surface area contributed by atoms with E-state index in [1.807, 2.05) is 46.8 Å². The van der Waals surface area contributed by atoms with Gasteiger partial charge in [-0.2, -0.15) is 0 Å². The second-order valence-corrected chi connectivity index (χ2v) is 7.78. The van der Waals surface area contributed by atoms with Gasteiger partial charge in [0.15, 0.2) is 11.5 Å². The zero-order chi connectivity index (χ0) is 24.5. The van der Waals surface area contributed by atoms with Gasteiger partial charge in [-0.15, -0.1) is 0 Å². The van der Waals surface area contributed by atoms with Gasteiger partial charge in [-0.05, 0) is 63.9 Å². The van der Waals surface area contributed by atoms with Crippen molar-refractivity contribution in [2.24, 2.45) is 0 Å². The number of nitrogens with one attached hydrogen (secondary N) is 2. The fraction of sp³-hybridized carbons (Fsp3) is 0.400. The number of aryl methyl sites for hydroxylation is 3. The molecule has 0 aromatic heterocycles. The number of nitrogens with zero attached hydrogens (tertiary/aromatic N) is 1. The molecule has 33 heavy (non-hydrogen) atoms. The molecule has 0 saturated heterocycles. The molecule has 8 nitrogen and oxygen atoms in total. The van der Waals surface area contributed by atoms with E-state index in [9.17, 15) is 14.4 Å². The second-order valence-electron chi connectivity index (χ2n) is 7.78. The van der Waals surface area contributed by atoms with Crippen LogP contribution >= 0.6 is 0 Å². The predicted octanol–water partition coefficient (Wildman–Crippen LogP) is 3.24. The molecule has 0 aliphatic rings. The largest absolute Gasteiger partial charge is 0.490 e. The summed E-state index contributed by atoms with van der Waals surface area (Å²) in [6.07, 6.45) is 0. The van der Waals surface area contributed by atoms with Crippen LogP contribution in [-0.2, 0) is 9.59 Å². The van der Waals surface area contributed by atoms with Gasteiger partial charge in [0, 0.05) is 18.3 Å². The van der Waals surface area contributed by atoms with Crippen molar-refractivity contribution in [2.45, 2.75) is 34.6 Å². The van der Waals surface area contributed by atoms with E-state index in [0.717, 1.165) is 22.4 Å². The third-order valence-electron chi connectivity index (χ3n) is 4.95. The van der Waals surface area contributed by atoms with Crippen LogP contribution in [0.15, 0.2) is 30.3 Å². The first kappa shape index (κ1) is 25.7. The van der Waals surface area contributed by atoms with Crippen molar-refractivity contribution >= 4 is 23.4 Å². The average Bonchev–Trinajstić information content (AvgIpc) is 2.75. The fourth-order valence-corrected chi connectivity index (χ4v) is 3.44. The summed E-state index contributed by atoms with van der Waals surface area (Å²) in [4.78, 5) is 38.7. The Morgan fingerprint density at radius 2 is 1.52 bits per heavy atom. The maximum Gasteiger partial charge on any atom is 0.251 e. The number of carbonyl (C=O) groups excluding carboxylic acids is 3. The van der Waals surface area contributed by atoms with Crippen molar-refractivity contribution in [1.29, 1.82) is 0 Å². The van der Waals surface area contributed by atoms with Gasteiger partial charge >= 0.3 is 0 Å². The van der Waals surface area contributed by atoms with Crippen molar-refractivity contribution < 1.29 is 23.9 Å². The molecule has 0 heterocycles. The summed E-state index contributed by atoms with van der Waals surface area (Å²) in [6, 6.07) is 8.83. The highest BCUT2D eigenvalue weighted by Crippen LogP contribution is 2.28. The number of amides is 3. The predicted molar refractivity (Wildman–Crippen MR) is 128 cm³/mol. The van der Waals surface area contributed by atoms with Crippen molar-refractivity contribution in [3.63, 3.8) is 0 Å². The number of hydrogen-bond donors (Lipinski definition) is 2. The number of ether oxygens (including phenoxy) is 2. The minimum Gasteiger partial charge on any atom is -0.490 e. The minimum absolute atomic E-state index is 0.126. The normalized spacial score (nSPS) is 10.4. The highest BCUT2D eigenvalue weighted by atomic mass is 16.5. The van der Waals surface area contributed by atoms with Crippen molar-refractivity contribution in [1.82, 2.24) is 10.2 Å². The van der Waals surface area contributed by atoms with E-state index < -0.39 is 5.91 Å². The van der Waals surface area contributed by atoms with Crippen LogP contribution in [0.5, 0.6) is 11.5 Å². The lowest BCUT2D eigenvalue weighted by molar-refractivity contribution is -0.132. The molecule has 0 aliphatic carbocycles. The van der Waals surface area contributed by atoms with Gasteiger partial charge in [-0.1, -0.05) is 17.7 Å². The topological polar surface area (TPSA) is 97.0 Å². The maximum absolute atomic E-state index is 12.5. The summed E-state index contributed by atoms with van der Waals surface area (Å²) >= 11 is 0. The summed E-state index contributed by atoms with van der Waals surface area (Å²) in [7, 11) is 1.52. The van der Waals surface area contributed by atoms with Crippen LogP contribution in [0.2, 0.25) is 0 Å². The molecular weight excluding hydrogens is 422 g/mol. The van der Waals surface area contributed by atoms with Crippen LogP contribution in [-0.4, -0.2) is 56.0 Å². The molecule has 2 aromatic rings. The van der Waals surface area contributed by atoms with E-state index >= 15 is 0 Å². The van der Waals surface area contributed by atoms with Crippen LogP contribution in [0.25, 0.3) is 0 Å². The number of rotatable bonds is 10. The van der Waals surface area contributed by atoms with E-state index in [1.54, 1.807) is 18.2 Å². The third kappa shape index (κ3) is 7.24. The van der Waals surface area contributed by atoms with Gasteiger partial charge in [0.1, 0.15) is 0 Å². The van der Waals surface area contributed by atoms with E-state index in [1.165, 1.54) is 11.9 Å². The van der Waals surface area contributed by atoms with Crippen LogP contribution in [0.3, 0.4) is 0 Å². The molecule has 0 saturated carbocycles. The Morgan fingerprint density at radius 3 is 2.12 bits per heavy atom. The number of carbonyl (C=O) groups is 3. The molecule has 8 heteroatoms. The van der Waals surface area contributed by atoms with Crippen molar-refractivity contribution in [3.05, 3.63) is 52.6 Å². The second kappa shape index (κ2) is 11.9. The van der Waals surface area contributed by atoms with Gasteiger partial charge in [-0.25, -0.2) is 0 Å². The maximum atomic E-state index is 12.5. The van der Waals surface area contributed by atoms with E-state index in [0.29, 0.717) is 30.3 Å². The molecule has 0 unspecified atom stereocenters. The summed E-state index contributed by atoms with van der Waals surface area (Å²) in [5, 5.41) is 5.46. The highest BCUT2D eigenvalue weighted by Gasteiger charge is 2.17. The Labute approximate surface area is 195 Å². The molecule has 0 radical (unpaired) electrons. The third-order valence-corrected chi connectivity index (χ3v) is 4.95. The van der Waals surface area contributed by atoms with Gasteiger partial charge in [0.2, 0.25) is 11.8 Å². The molecule has 2 N–H and O–H groups in total. The lowest BCUT2D eigenvalue weighted by Gasteiger charge is -2.19. The molecule has 2 aromatic carbocycles. The van der Waals surface area contributed by atoms with E-state index in [-0.39, 0.29) is 24.9 Å². The summed E-state index contributed by atoms with van der Waals surface area (Å²) in [6.45, 7) is 10.1. The number of likely N-dealkylation sites (N-methyl/N-ethyl adjacent to an activating group) is 1. The molecule has 3 amide bonds. The van der Waals surface area contributed by atoms with Gasteiger partial charge < -0.3 is 25.0 Å². The molecule has 2 rings (SSSR count). The number of hydrogen-bond acceptors (Lipinski definition) is 5. The zero-order valence-corrected chi connectivity index (χ0v) is 20.2. The summed E-state index contributed by atoms with van der Waals surface area (Å²) in [5.74, 6) is -0.0893. The van der Waals surface area contributed by atoms with Crippen LogP contribution < -0.4 is 20.1 Å². The Morgan fingerprint density at radius 1 is 0.909 bits per heavy atom. The summed E-state index contributed by atoms with van der Waals surface area (Å²) < 4.78 is 11.0. The SMILES string of the molecule is CCOc1ccc(C(=O)NCC(=O)N(C)CC(=O)Nc2c(C)cc(C)cc2C)cc1OCC. The number of anilines is 1. The lowest BCUT2D eigenvalue weighted by atomic mass is 10.1. The molecule has 0 bridgehead atoms. The molecule has 0 atom stereocenters. The summed E-state index contributed by atoms with van der Waals surface area (Å²) in [5.41, 5.74) is 4.14. The Balaban J connectivity index is 1.92. The lowest BCUT2D eigenvalue weighted by Crippen LogP contribution is -2.41. The molecule has 0 spiro atoms. The quantitative estimate of drug-likeness (QED) is 0.573. The smallest absolute Gasteiger partial charge is 0.251 e. The molecule has 0 aliphatic heterocycles. The molecule has 178 valence electrons. The molecular formula is C25H33N3O5. The van der Waals surface area contributed by atoms with Gasteiger partial charge in [-0.3, -0.25) is 14.4 Å². The van der Waals surface area contributed by atoms with Crippen LogP contribution in [0.1, 0.15) is 40.9 Å². The first-order valence-corrected chi connectivity index (χ1v) is 11.0.